The molecular weight excluding hydrogens is 518 g/mol. The molecule has 0 aliphatic carbocycles. The van der Waals surface area contributed by atoms with Gasteiger partial charge in [-0.2, -0.15) is 5.10 Å². The van der Waals surface area contributed by atoms with Crippen LogP contribution in [0.25, 0.3) is 22.3 Å². The summed E-state index contributed by atoms with van der Waals surface area (Å²) in [6, 6.07) is 15.0. The molecule has 0 radical (unpaired) electrons. The Balaban J connectivity index is 1.44. The summed E-state index contributed by atoms with van der Waals surface area (Å²) in [6.45, 7) is 10.9. The molecule has 4 aromatic rings. The number of hydrogen-bond acceptors (Lipinski definition) is 7. The van der Waals surface area contributed by atoms with Crippen LogP contribution in [0.4, 0.5) is 16.3 Å². The molecule has 3 N–H and O–H groups in total. The Kier molecular flexibility index (Phi) is 7.66. The molecule has 2 aromatic carbocycles. The fraction of sp³-hybridized carbons (Fsp3) is 0.387. The van der Waals surface area contributed by atoms with Gasteiger partial charge in [0.1, 0.15) is 23.4 Å². The van der Waals surface area contributed by atoms with Crippen LogP contribution in [0, 0.1) is 0 Å². The highest BCUT2D eigenvalue weighted by molar-refractivity contribution is 6.06. The molecule has 0 saturated carbocycles. The molecule has 2 amide bonds. The smallest absolute Gasteiger partial charge is 0.410 e. The molecule has 10 nitrogen and oxygen atoms in total. The van der Waals surface area contributed by atoms with Crippen molar-refractivity contribution < 1.29 is 14.3 Å². The van der Waals surface area contributed by atoms with E-state index >= 15 is 0 Å². The van der Waals surface area contributed by atoms with E-state index in [1.807, 2.05) is 61.9 Å². The number of benzene rings is 2. The first kappa shape index (κ1) is 28.1. The number of nitrogens with zero attached hydrogens (tertiary/aromatic N) is 5. The van der Waals surface area contributed by atoms with Crippen molar-refractivity contribution in [2.24, 2.45) is 0 Å². The molecule has 0 spiro atoms. The third kappa shape index (κ3) is 6.16. The maximum absolute atomic E-state index is 13.2. The maximum Gasteiger partial charge on any atom is 0.410 e. The average molecular weight is 556 g/mol. The standard InChI is InChI=1S/C31H37N7O3/c1-19(2)20-11-13-23(14-12-20)35-29(39)22-9-6-8-21(16-22)26-25-27(32)33-18-34-28(25)38(36-26)24-10-7-15-37(17-24)30(40)41-31(3,4)5/h6,8-9,11-14,16,18-19,24H,7,10,15,17H2,1-5H3,(H,35,39)(H2,32,33,34). The Labute approximate surface area is 239 Å². The normalized spacial score (nSPS) is 15.8. The van der Waals surface area contributed by atoms with Gasteiger partial charge < -0.3 is 20.7 Å². The Morgan fingerprint density at radius 3 is 2.56 bits per heavy atom. The zero-order chi connectivity index (χ0) is 29.3. The van der Waals surface area contributed by atoms with Crippen molar-refractivity contribution in [3.8, 4) is 11.3 Å². The summed E-state index contributed by atoms with van der Waals surface area (Å²) >= 11 is 0. The minimum absolute atomic E-state index is 0.123. The van der Waals surface area contributed by atoms with E-state index in [9.17, 15) is 9.59 Å². The lowest BCUT2D eigenvalue weighted by Crippen LogP contribution is -2.43. The van der Waals surface area contributed by atoms with Crippen LogP contribution in [0.5, 0.6) is 0 Å². The number of aromatic nitrogens is 4. The predicted octanol–water partition coefficient (Wildman–Crippen LogP) is 6.02. The van der Waals surface area contributed by atoms with Crippen molar-refractivity contribution in [1.29, 1.82) is 0 Å². The molecule has 1 atom stereocenters. The highest BCUT2D eigenvalue weighted by atomic mass is 16.6. The van der Waals surface area contributed by atoms with Gasteiger partial charge in [0.05, 0.1) is 11.4 Å². The van der Waals surface area contributed by atoms with E-state index in [0.29, 0.717) is 47.1 Å². The zero-order valence-corrected chi connectivity index (χ0v) is 24.2. The Morgan fingerprint density at radius 1 is 1.10 bits per heavy atom. The van der Waals surface area contributed by atoms with Gasteiger partial charge in [-0.3, -0.25) is 4.79 Å². The Morgan fingerprint density at radius 2 is 1.85 bits per heavy atom. The molecule has 1 aliphatic rings. The number of amides is 2. The van der Waals surface area contributed by atoms with E-state index in [4.69, 9.17) is 15.6 Å². The Bertz CT molecular complexity index is 1570. The number of rotatable bonds is 5. The van der Waals surface area contributed by atoms with Crippen molar-refractivity contribution in [3.05, 3.63) is 66.0 Å². The van der Waals surface area contributed by atoms with Gasteiger partial charge in [0.15, 0.2) is 5.65 Å². The monoisotopic (exact) mass is 555 g/mol. The van der Waals surface area contributed by atoms with Crippen molar-refractivity contribution >= 4 is 34.5 Å². The number of anilines is 2. The van der Waals surface area contributed by atoms with E-state index in [0.717, 1.165) is 24.1 Å². The summed E-state index contributed by atoms with van der Waals surface area (Å²) < 4.78 is 7.45. The van der Waals surface area contributed by atoms with Crippen LogP contribution in [0.2, 0.25) is 0 Å². The van der Waals surface area contributed by atoms with E-state index in [1.165, 1.54) is 11.9 Å². The molecule has 41 heavy (non-hydrogen) atoms. The minimum Gasteiger partial charge on any atom is -0.444 e. The fourth-order valence-electron chi connectivity index (χ4n) is 5.06. The minimum atomic E-state index is -0.577. The largest absolute Gasteiger partial charge is 0.444 e. The number of ether oxygens (including phenoxy) is 1. The van der Waals surface area contributed by atoms with Crippen molar-refractivity contribution in [3.63, 3.8) is 0 Å². The second kappa shape index (κ2) is 11.2. The van der Waals surface area contributed by atoms with E-state index in [-0.39, 0.29) is 18.0 Å². The number of likely N-dealkylation sites (tertiary alicyclic amines) is 1. The summed E-state index contributed by atoms with van der Waals surface area (Å²) in [6.07, 6.45) is 2.69. The number of nitrogens with one attached hydrogen (secondary N) is 1. The number of carbonyl (C=O) groups is 2. The highest BCUT2D eigenvalue weighted by Crippen LogP contribution is 2.34. The fourth-order valence-corrected chi connectivity index (χ4v) is 5.06. The summed E-state index contributed by atoms with van der Waals surface area (Å²) in [5.41, 5.74) is 10.1. The van der Waals surface area contributed by atoms with Crippen LogP contribution < -0.4 is 11.1 Å². The molecule has 214 valence electrons. The summed E-state index contributed by atoms with van der Waals surface area (Å²) in [7, 11) is 0. The van der Waals surface area contributed by atoms with Gasteiger partial charge in [0, 0.05) is 29.9 Å². The molecule has 1 saturated heterocycles. The van der Waals surface area contributed by atoms with Gasteiger partial charge in [0.2, 0.25) is 0 Å². The van der Waals surface area contributed by atoms with Crippen LogP contribution in [0.1, 0.15) is 75.3 Å². The third-order valence-corrected chi connectivity index (χ3v) is 7.15. The van der Waals surface area contributed by atoms with E-state index < -0.39 is 5.60 Å². The maximum atomic E-state index is 13.2. The first-order valence-corrected chi connectivity index (χ1v) is 14.0. The number of piperidine rings is 1. The predicted molar refractivity (Wildman–Crippen MR) is 160 cm³/mol. The summed E-state index contributed by atoms with van der Waals surface area (Å²) in [4.78, 5) is 36.4. The van der Waals surface area contributed by atoms with Crippen LogP contribution in [0.15, 0.2) is 54.9 Å². The molecule has 2 aromatic heterocycles. The molecule has 10 heteroatoms. The van der Waals surface area contributed by atoms with Gasteiger partial charge in [-0.1, -0.05) is 38.1 Å². The number of nitrogen functional groups attached to an aromatic ring is 1. The van der Waals surface area contributed by atoms with Crippen LogP contribution in [0.3, 0.4) is 0 Å². The number of hydrogen-bond donors (Lipinski definition) is 2. The lowest BCUT2D eigenvalue weighted by atomic mass is 10.0. The third-order valence-electron chi connectivity index (χ3n) is 7.15. The average Bonchev–Trinajstić information content (AvgIpc) is 3.34. The lowest BCUT2D eigenvalue weighted by Gasteiger charge is -2.34. The zero-order valence-electron chi connectivity index (χ0n) is 24.2. The van der Waals surface area contributed by atoms with Crippen LogP contribution in [-0.2, 0) is 4.74 Å². The first-order valence-electron chi connectivity index (χ1n) is 14.0. The van der Waals surface area contributed by atoms with Gasteiger partial charge in [-0.25, -0.2) is 19.4 Å². The SMILES string of the molecule is CC(C)c1ccc(NC(=O)c2cccc(-c3nn(C4CCCN(C(=O)OC(C)(C)C)C4)c4ncnc(N)c34)c2)cc1. The molecule has 5 rings (SSSR count). The van der Waals surface area contributed by atoms with Gasteiger partial charge in [0.25, 0.3) is 5.91 Å². The quantitative estimate of drug-likeness (QED) is 0.308. The second-order valence-corrected chi connectivity index (χ2v) is 11.8. The van der Waals surface area contributed by atoms with Crippen molar-refractivity contribution in [2.45, 2.75) is 65.0 Å². The molecular formula is C31H37N7O3. The number of fused-ring (bicyclic) bond motifs is 1. The molecule has 1 unspecified atom stereocenters. The molecule has 1 fully saturated rings. The molecule has 0 bridgehead atoms. The Hall–Kier alpha value is -4.47. The van der Waals surface area contributed by atoms with Crippen molar-refractivity contribution in [1.82, 2.24) is 24.6 Å². The van der Waals surface area contributed by atoms with Crippen LogP contribution in [-0.4, -0.2) is 55.3 Å². The first-order chi connectivity index (χ1) is 19.5. The lowest BCUT2D eigenvalue weighted by molar-refractivity contribution is 0.0169. The number of carbonyl (C=O) groups excluding carboxylic acids is 2. The van der Waals surface area contributed by atoms with Crippen molar-refractivity contribution in [2.75, 3.05) is 24.1 Å². The van der Waals surface area contributed by atoms with Gasteiger partial charge in [-0.05, 0) is 69.4 Å². The van der Waals surface area contributed by atoms with Gasteiger partial charge in [-0.15, -0.1) is 0 Å². The highest BCUT2D eigenvalue weighted by Gasteiger charge is 2.31. The topological polar surface area (TPSA) is 128 Å². The van der Waals surface area contributed by atoms with Crippen LogP contribution >= 0.6 is 0 Å². The number of nitrogens with two attached hydrogens (primary N) is 1. The van der Waals surface area contributed by atoms with E-state index in [2.05, 4.69) is 29.1 Å². The molecule has 3 heterocycles. The second-order valence-electron chi connectivity index (χ2n) is 11.8. The summed E-state index contributed by atoms with van der Waals surface area (Å²) in [5.74, 6) is 0.491. The van der Waals surface area contributed by atoms with E-state index in [1.54, 1.807) is 17.0 Å². The summed E-state index contributed by atoms with van der Waals surface area (Å²) in [5, 5.41) is 8.54. The van der Waals surface area contributed by atoms with Gasteiger partial charge >= 0.3 is 6.09 Å². The molecule has 1 aliphatic heterocycles.